The fourth-order valence-electron chi connectivity index (χ4n) is 13.4. The zero-order chi connectivity index (χ0) is 70.5. The Balaban J connectivity index is -0.00000166. The first-order valence-corrected chi connectivity index (χ1v) is 42.2. The normalized spacial score (nSPS) is 12.0. The van der Waals surface area contributed by atoms with Crippen LogP contribution in [0.3, 0.4) is 0 Å². The van der Waals surface area contributed by atoms with Crippen molar-refractivity contribution in [1.29, 1.82) is 0 Å². The second-order valence-electron chi connectivity index (χ2n) is 29.1. The molecule has 0 saturated heterocycles. The number of aliphatic carboxylic acids is 2. The van der Waals surface area contributed by atoms with Crippen LogP contribution < -0.4 is 10.2 Å². The van der Waals surface area contributed by atoms with E-state index in [4.69, 9.17) is 0 Å². The molecular weight excluding hydrogens is 1180 g/mol. The molecule has 0 bridgehead atoms. The molecule has 0 aromatic carbocycles. The average Bonchev–Trinajstić information content (AvgIpc) is 1.00. The van der Waals surface area contributed by atoms with E-state index < -0.39 is 35.6 Å². The zero-order valence-electron chi connectivity index (χ0n) is 64.9. The number of carboxylic acids is 2. The minimum absolute atomic E-state index is 0.0921. The zero-order valence-corrected chi connectivity index (χ0v) is 66.0. The summed E-state index contributed by atoms with van der Waals surface area (Å²) in [5.41, 5.74) is -0.941. The number of Topliss-reactive ketones (excluding diaryl/α,β-unsaturated/α-hetero) is 2. The molecule has 0 spiro atoms. The van der Waals surface area contributed by atoms with Crippen molar-refractivity contribution in [3.8, 4) is 0 Å². The standard InChI is InChI=1S/2C42H78O3.C3H7O.Al/c2*1-4-7-9-11-13-15-17-19-21-23-25-27-29-31-33-35-37-42(6-3,40(43)39-41(44)45)38-36-34-32-30-28-26-24-22-20-18-16-14-12-10-8-5-2;1-3(2)4;/h2*19-22H,4-18,23-39H2,1-3H3,(H,44,45);3H,1-2H3;/q;;-1;+3/p-2/b2*21-19-,22-20-;;. The Labute approximate surface area is 601 Å². The van der Waals surface area contributed by atoms with E-state index in [1.165, 1.54) is 308 Å². The third kappa shape index (κ3) is 71.4. The summed E-state index contributed by atoms with van der Waals surface area (Å²) in [5, 5.41) is 22.6. The number of allylic oxidation sites excluding steroid dienone is 8. The van der Waals surface area contributed by atoms with Crippen LogP contribution >= 0.6 is 0 Å². The summed E-state index contributed by atoms with van der Waals surface area (Å²) in [6.45, 7) is 17.2. The van der Waals surface area contributed by atoms with Crippen molar-refractivity contribution in [2.75, 3.05) is 0 Å². The van der Waals surface area contributed by atoms with Crippen LogP contribution in [-0.2, 0) is 23.0 Å². The molecule has 0 fully saturated rings. The average molecular weight is 1350 g/mol. The fourth-order valence-corrected chi connectivity index (χ4v) is 13.4. The molecule has 0 aliphatic rings. The molecule has 0 unspecified atom stereocenters. The van der Waals surface area contributed by atoms with Gasteiger partial charge in [-0.05, 0) is 141 Å². The van der Waals surface area contributed by atoms with E-state index in [9.17, 15) is 29.4 Å². The SMILES string of the molecule is CC(C)[O][Al+2].CCCCCCCC/C=C\CCCCCCCCC(CC)(CCCCCCCC/C=C\CCCCCCCC)C(=O)CC(=O)[O-].CCCCCCCC/C=C\CCCCCCCCC(CC)(CCCCCCCC/C=C\CCCCCCCC)C(=O)CC(=O)[O-]. The third-order valence-electron chi connectivity index (χ3n) is 20.1. The second-order valence-corrected chi connectivity index (χ2v) is 29.4. The van der Waals surface area contributed by atoms with Gasteiger partial charge in [0.1, 0.15) is 11.6 Å². The van der Waals surface area contributed by atoms with Crippen molar-refractivity contribution in [3.05, 3.63) is 48.6 Å². The van der Waals surface area contributed by atoms with Crippen molar-refractivity contribution < 1.29 is 33.2 Å². The van der Waals surface area contributed by atoms with Crippen LogP contribution in [0.1, 0.15) is 466 Å². The molecule has 95 heavy (non-hydrogen) atoms. The molecule has 0 aromatic rings. The van der Waals surface area contributed by atoms with Gasteiger partial charge < -0.3 is 19.8 Å². The number of unbranched alkanes of at least 4 members (excludes halogenated alkanes) is 48. The Morgan fingerprint density at radius 1 is 0.284 bits per heavy atom. The van der Waals surface area contributed by atoms with Gasteiger partial charge in [-0.15, -0.1) is 0 Å². The van der Waals surface area contributed by atoms with Crippen molar-refractivity contribution in [2.45, 2.75) is 472 Å². The summed E-state index contributed by atoms with van der Waals surface area (Å²) in [6, 6.07) is 0. The molecule has 0 heterocycles. The van der Waals surface area contributed by atoms with Crippen molar-refractivity contribution in [3.63, 3.8) is 0 Å². The van der Waals surface area contributed by atoms with Gasteiger partial charge in [0.2, 0.25) is 0 Å². The number of hydrogen-bond donors (Lipinski definition) is 0. The first-order chi connectivity index (χ1) is 46.3. The van der Waals surface area contributed by atoms with Crippen LogP contribution in [0, 0.1) is 10.8 Å². The van der Waals surface area contributed by atoms with E-state index in [1.807, 2.05) is 13.8 Å². The van der Waals surface area contributed by atoms with E-state index >= 15 is 0 Å². The molecule has 0 aliphatic carbocycles. The second kappa shape index (κ2) is 79.1. The van der Waals surface area contributed by atoms with Gasteiger partial charge >= 0.3 is 40.4 Å². The molecule has 0 amide bonds. The Morgan fingerprint density at radius 3 is 0.568 bits per heavy atom. The van der Waals surface area contributed by atoms with Crippen LogP contribution in [0.5, 0.6) is 0 Å². The topological polar surface area (TPSA) is 124 Å². The summed E-state index contributed by atoms with van der Waals surface area (Å²) in [5.74, 6) is -2.63. The molecule has 0 aromatic heterocycles. The van der Waals surface area contributed by atoms with Crippen LogP contribution in [-0.4, -0.2) is 46.2 Å². The molecular formula is C87H161AlO7. The van der Waals surface area contributed by atoms with Gasteiger partial charge in [-0.2, -0.15) is 0 Å². The Hall–Kier alpha value is -2.27. The maximum absolute atomic E-state index is 13.1. The van der Waals surface area contributed by atoms with Crippen LogP contribution in [0.25, 0.3) is 0 Å². The summed E-state index contributed by atoms with van der Waals surface area (Å²) in [4.78, 5) is 48.7. The molecule has 0 aliphatic heterocycles. The molecule has 0 N–H and O–H groups in total. The van der Waals surface area contributed by atoms with Crippen molar-refractivity contribution in [2.24, 2.45) is 10.8 Å². The van der Waals surface area contributed by atoms with Gasteiger partial charge in [0, 0.05) is 35.6 Å². The Kier molecular flexibility index (Phi) is 80.7. The van der Waals surface area contributed by atoms with Gasteiger partial charge in [-0.25, -0.2) is 0 Å². The Bertz CT molecular complexity index is 1530. The van der Waals surface area contributed by atoms with E-state index in [1.54, 1.807) is 0 Å². The Morgan fingerprint density at radius 2 is 0.432 bits per heavy atom. The minimum Gasteiger partial charge on any atom is -0.550 e. The van der Waals surface area contributed by atoms with E-state index in [-0.39, 0.29) is 11.6 Å². The number of carbonyl (C=O) groups excluding carboxylic acids is 4. The maximum Gasteiger partial charge on any atom is 0.144 e. The largest absolute Gasteiger partial charge is 0.550 e. The first-order valence-electron chi connectivity index (χ1n) is 41.7. The van der Waals surface area contributed by atoms with Gasteiger partial charge in [0.25, 0.3) is 0 Å². The molecule has 0 radical (unpaired) electrons. The van der Waals surface area contributed by atoms with E-state index in [0.29, 0.717) is 6.10 Å². The molecule has 0 saturated carbocycles. The number of hydrogen-bond acceptors (Lipinski definition) is 7. The van der Waals surface area contributed by atoms with Crippen LogP contribution in [0.4, 0.5) is 0 Å². The van der Waals surface area contributed by atoms with Gasteiger partial charge in [-0.3, -0.25) is 9.59 Å². The summed E-state index contributed by atoms with van der Waals surface area (Å²) < 4.78 is 4.67. The maximum atomic E-state index is 13.1. The van der Waals surface area contributed by atoms with Gasteiger partial charge in [-0.1, -0.05) is 347 Å². The molecule has 8 heteroatoms. The predicted molar refractivity (Wildman–Crippen MR) is 413 cm³/mol. The van der Waals surface area contributed by atoms with Crippen LogP contribution in [0.2, 0.25) is 0 Å². The van der Waals surface area contributed by atoms with Gasteiger partial charge in [0.05, 0.1) is 0 Å². The first kappa shape index (κ1) is 96.9. The van der Waals surface area contributed by atoms with Gasteiger partial charge in [0.15, 0.2) is 0 Å². The molecule has 554 valence electrons. The minimum atomic E-state index is -1.22. The van der Waals surface area contributed by atoms with Crippen LogP contribution in [0.15, 0.2) is 48.6 Å². The molecule has 7 nitrogen and oxygen atoms in total. The molecule has 0 rings (SSSR count). The van der Waals surface area contributed by atoms with E-state index in [2.05, 4.69) is 111 Å². The summed E-state index contributed by atoms with van der Waals surface area (Å²) in [7, 11) is 0. The smallest absolute Gasteiger partial charge is 0.144 e. The monoisotopic (exact) mass is 1350 g/mol. The quantitative estimate of drug-likeness (QED) is 0.0257. The van der Waals surface area contributed by atoms with E-state index in [0.717, 1.165) is 89.9 Å². The van der Waals surface area contributed by atoms with Crippen molar-refractivity contribution >= 4 is 40.1 Å². The number of carbonyl (C=O) groups is 4. The summed E-state index contributed by atoms with van der Waals surface area (Å²) in [6.07, 6.45) is 94.6. The van der Waals surface area contributed by atoms with Crippen molar-refractivity contribution in [1.82, 2.24) is 0 Å². The summed E-state index contributed by atoms with van der Waals surface area (Å²) >= 11 is 2.19. The predicted octanol–water partition coefficient (Wildman–Crippen LogP) is 26.4. The number of rotatable bonds is 73. The number of ketones is 2. The number of carboxylic acid groups (broad SMARTS) is 2. The third-order valence-corrected chi connectivity index (χ3v) is 20.6. The fraction of sp³-hybridized carbons (Fsp3) is 0.862. The molecule has 0 atom stereocenters.